The van der Waals surface area contributed by atoms with E-state index in [-0.39, 0.29) is 17.3 Å². The summed E-state index contributed by atoms with van der Waals surface area (Å²) >= 11 is 11.3. The van der Waals surface area contributed by atoms with E-state index < -0.39 is 11.8 Å². The molecule has 0 bridgehead atoms. The molecule has 0 fully saturated rings. The monoisotopic (exact) mass is 339 g/mol. The lowest BCUT2D eigenvalue weighted by molar-refractivity contribution is -0.123. The molecule has 114 valence electrons. The number of carbonyl (C=O) groups is 2. The molecule has 0 spiro atoms. The van der Waals surface area contributed by atoms with Gasteiger partial charge in [-0.3, -0.25) is 20.4 Å². The molecule has 0 atom stereocenters. The van der Waals surface area contributed by atoms with Gasteiger partial charge in [0.25, 0.3) is 11.8 Å². The first-order valence-corrected chi connectivity index (χ1v) is 6.89. The quantitative estimate of drug-likeness (QED) is 0.661. The Labute approximate surface area is 136 Å². The second-order valence-corrected chi connectivity index (χ2v) is 4.94. The predicted octanol–water partition coefficient (Wildman–Crippen LogP) is 2.23. The molecule has 2 amide bonds. The van der Waals surface area contributed by atoms with Gasteiger partial charge in [0.1, 0.15) is 10.9 Å². The number of amides is 2. The summed E-state index contributed by atoms with van der Waals surface area (Å²) in [7, 11) is 0. The van der Waals surface area contributed by atoms with Crippen molar-refractivity contribution in [3.05, 3.63) is 58.3 Å². The number of pyridine rings is 1. The van der Waals surface area contributed by atoms with E-state index in [2.05, 4.69) is 15.8 Å². The Kier molecular flexibility index (Phi) is 5.57. The van der Waals surface area contributed by atoms with Gasteiger partial charge in [0.2, 0.25) is 0 Å². The summed E-state index contributed by atoms with van der Waals surface area (Å²) < 4.78 is 5.22. The minimum absolute atomic E-state index is 0.249. The van der Waals surface area contributed by atoms with Crippen LogP contribution in [0.15, 0.2) is 42.6 Å². The minimum atomic E-state index is -0.510. The van der Waals surface area contributed by atoms with Crippen LogP contribution in [0.3, 0.4) is 0 Å². The van der Waals surface area contributed by atoms with Gasteiger partial charge in [-0.15, -0.1) is 0 Å². The Morgan fingerprint density at radius 3 is 2.41 bits per heavy atom. The lowest BCUT2D eigenvalue weighted by atomic mass is 10.3. The standard InChI is InChI=1S/C14H11Cl2N3O3/c15-10-2-4-11(5-3-10)22-8-13(20)18-19-14(21)9-1-6-12(16)17-7-9/h1-7H,8H2,(H,18,20)(H,19,21). The molecule has 1 aromatic heterocycles. The van der Waals surface area contributed by atoms with E-state index in [0.29, 0.717) is 10.8 Å². The second kappa shape index (κ2) is 7.63. The molecular formula is C14H11Cl2N3O3. The number of rotatable bonds is 4. The van der Waals surface area contributed by atoms with Gasteiger partial charge < -0.3 is 4.74 Å². The fourth-order valence-electron chi connectivity index (χ4n) is 1.42. The van der Waals surface area contributed by atoms with E-state index in [1.807, 2.05) is 0 Å². The van der Waals surface area contributed by atoms with Gasteiger partial charge in [-0.1, -0.05) is 23.2 Å². The van der Waals surface area contributed by atoms with Gasteiger partial charge in [-0.25, -0.2) is 4.98 Å². The molecule has 2 N–H and O–H groups in total. The third kappa shape index (κ3) is 4.91. The van der Waals surface area contributed by atoms with Crippen molar-refractivity contribution in [3.8, 4) is 5.75 Å². The predicted molar refractivity (Wildman–Crippen MR) is 81.8 cm³/mol. The minimum Gasteiger partial charge on any atom is -0.484 e. The van der Waals surface area contributed by atoms with Crippen molar-refractivity contribution in [1.82, 2.24) is 15.8 Å². The molecule has 0 aliphatic rings. The average Bonchev–Trinajstić information content (AvgIpc) is 2.52. The molecule has 0 unspecified atom stereocenters. The second-order valence-electron chi connectivity index (χ2n) is 4.11. The third-order valence-electron chi connectivity index (χ3n) is 2.49. The molecular weight excluding hydrogens is 329 g/mol. The van der Waals surface area contributed by atoms with Crippen LogP contribution in [0.4, 0.5) is 0 Å². The van der Waals surface area contributed by atoms with Gasteiger partial charge in [0.05, 0.1) is 5.56 Å². The zero-order valence-electron chi connectivity index (χ0n) is 11.2. The van der Waals surface area contributed by atoms with Crippen LogP contribution < -0.4 is 15.6 Å². The number of halogens is 2. The highest BCUT2D eigenvalue weighted by Gasteiger charge is 2.08. The largest absolute Gasteiger partial charge is 0.484 e. The lowest BCUT2D eigenvalue weighted by Crippen LogP contribution is -2.43. The van der Waals surface area contributed by atoms with Crippen LogP contribution >= 0.6 is 23.2 Å². The molecule has 0 radical (unpaired) electrons. The van der Waals surface area contributed by atoms with Crippen molar-refractivity contribution >= 4 is 35.0 Å². The topological polar surface area (TPSA) is 80.3 Å². The number of carbonyl (C=O) groups excluding carboxylic acids is 2. The van der Waals surface area contributed by atoms with Crippen LogP contribution in [0, 0.1) is 0 Å². The number of nitrogens with zero attached hydrogens (tertiary/aromatic N) is 1. The molecule has 22 heavy (non-hydrogen) atoms. The van der Waals surface area contributed by atoms with E-state index in [9.17, 15) is 9.59 Å². The first-order chi connectivity index (χ1) is 10.5. The van der Waals surface area contributed by atoms with Crippen LogP contribution in [0.2, 0.25) is 10.2 Å². The van der Waals surface area contributed by atoms with Crippen LogP contribution in [0.25, 0.3) is 0 Å². The molecule has 0 aliphatic heterocycles. The zero-order valence-corrected chi connectivity index (χ0v) is 12.7. The summed E-state index contributed by atoms with van der Waals surface area (Å²) in [6.45, 7) is -0.249. The SMILES string of the molecule is O=C(COc1ccc(Cl)cc1)NNC(=O)c1ccc(Cl)nc1. The molecule has 6 nitrogen and oxygen atoms in total. The normalized spacial score (nSPS) is 9.91. The van der Waals surface area contributed by atoms with Crippen LogP contribution in [-0.4, -0.2) is 23.4 Å². The number of hydrogen-bond donors (Lipinski definition) is 2. The fraction of sp³-hybridized carbons (Fsp3) is 0.0714. The molecule has 0 saturated carbocycles. The number of nitrogens with one attached hydrogen (secondary N) is 2. The summed E-state index contributed by atoms with van der Waals surface area (Å²) in [5.74, 6) is -0.526. The number of benzene rings is 1. The first-order valence-electron chi connectivity index (χ1n) is 6.14. The van der Waals surface area contributed by atoms with Gasteiger partial charge >= 0.3 is 0 Å². The van der Waals surface area contributed by atoms with Gasteiger partial charge in [-0.2, -0.15) is 0 Å². The Balaban J connectivity index is 1.76. The fourth-order valence-corrected chi connectivity index (χ4v) is 1.66. The Morgan fingerprint density at radius 2 is 1.77 bits per heavy atom. The average molecular weight is 340 g/mol. The highest BCUT2D eigenvalue weighted by Crippen LogP contribution is 2.15. The van der Waals surface area contributed by atoms with Crippen molar-refractivity contribution in [2.75, 3.05) is 6.61 Å². The molecule has 2 aromatic rings. The number of aromatic nitrogens is 1. The molecule has 8 heteroatoms. The number of hydrogen-bond acceptors (Lipinski definition) is 4. The van der Waals surface area contributed by atoms with Crippen molar-refractivity contribution in [3.63, 3.8) is 0 Å². The first kappa shape index (κ1) is 16.1. The summed E-state index contributed by atoms with van der Waals surface area (Å²) in [6.07, 6.45) is 1.30. The summed E-state index contributed by atoms with van der Waals surface area (Å²) in [6, 6.07) is 9.51. The Morgan fingerprint density at radius 1 is 1.05 bits per heavy atom. The van der Waals surface area contributed by atoms with Gasteiger partial charge in [0.15, 0.2) is 6.61 Å². The van der Waals surface area contributed by atoms with E-state index >= 15 is 0 Å². The smallest absolute Gasteiger partial charge is 0.276 e. The summed E-state index contributed by atoms with van der Waals surface area (Å²) in [5.41, 5.74) is 4.73. The highest BCUT2D eigenvalue weighted by molar-refractivity contribution is 6.30. The van der Waals surface area contributed by atoms with Crippen LogP contribution in [0.1, 0.15) is 10.4 Å². The van der Waals surface area contributed by atoms with Crippen molar-refractivity contribution in [2.45, 2.75) is 0 Å². The van der Waals surface area contributed by atoms with Crippen LogP contribution in [0.5, 0.6) is 5.75 Å². The van der Waals surface area contributed by atoms with Crippen molar-refractivity contribution in [2.24, 2.45) is 0 Å². The number of ether oxygens (including phenoxy) is 1. The molecule has 2 rings (SSSR count). The highest BCUT2D eigenvalue weighted by atomic mass is 35.5. The van der Waals surface area contributed by atoms with Crippen molar-refractivity contribution in [1.29, 1.82) is 0 Å². The lowest BCUT2D eigenvalue weighted by Gasteiger charge is -2.08. The molecule has 0 aliphatic carbocycles. The van der Waals surface area contributed by atoms with Gasteiger partial charge in [-0.05, 0) is 36.4 Å². The van der Waals surface area contributed by atoms with Gasteiger partial charge in [0, 0.05) is 11.2 Å². The maximum Gasteiger partial charge on any atom is 0.276 e. The van der Waals surface area contributed by atoms with E-state index in [4.69, 9.17) is 27.9 Å². The zero-order chi connectivity index (χ0) is 15.9. The maximum atomic E-state index is 11.7. The number of hydrazine groups is 1. The summed E-state index contributed by atoms with van der Waals surface area (Å²) in [5, 5.41) is 0.845. The molecule has 1 aromatic carbocycles. The van der Waals surface area contributed by atoms with E-state index in [1.165, 1.54) is 18.3 Å². The van der Waals surface area contributed by atoms with Crippen LogP contribution in [-0.2, 0) is 4.79 Å². The molecule has 1 heterocycles. The third-order valence-corrected chi connectivity index (χ3v) is 2.96. The summed E-state index contributed by atoms with van der Waals surface area (Å²) in [4.78, 5) is 27.0. The van der Waals surface area contributed by atoms with E-state index in [0.717, 1.165) is 0 Å². The Hall–Kier alpha value is -2.31. The molecule has 0 saturated heterocycles. The van der Waals surface area contributed by atoms with E-state index in [1.54, 1.807) is 24.3 Å². The van der Waals surface area contributed by atoms with Crippen molar-refractivity contribution < 1.29 is 14.3 Å². The maximum absolute atomic E-state index is 11.7. The Bertz CT molecular complexity index is 660.